The van der Waals surface area contributed by atoms with Crippen LogP contribution in [0, 0.1) is 0 Å². The van der Waals surface area contributed by atoms with Crippen molar-refractivity contribution in [3.8, 4) is 11.5 Å². The zero-order chi connectivity index (χ0) is 21.6. The van der Waals surface area contributed by atoms with Crippen LogP contribution < -0.4 is 20.1 Å². The molecule has 0 radical (unpaired) electrons. The Morgan fingerprint density at radius 1 is 1.06 bits per heavy atom. The number of rotatable bonds is 11. The van der Waals surface area contributed by atoms with Crippen LogP contribution in [0.5, 0.6) is 11.5 Å². The summed E-state index contributed by atoms with van der Waals surface area (Å²) in [7, 11) is 1.67. The molecule has 9 nitrogen and oxygen atoms in total. The Balaban J connectivity index is 0.00000363. The van der Waals surface area contributed by atoms with Gasteiger partial charge in [-0.25, -0.2) is 0 Å². The van der Waals surface area contributed by atoms with Crippen molar-refractivity contribution >= 4 is 35.6 Å². The van der Waals surface area contributed by atoms with Crippen LogP contribution in [0.3, 0.4) is 0 Å². The summed E-state index contributed by atoms with van der Waals surface area (Å²) in [5, 5.41) is 6.84. The monoisotopic (exact) mass is 564 g/mol. The molecule has 1 saturated heterocycles. The van der Waals surface area contributed by atoms with E-state index in [1.807, 2.05) is 18.2 Å². The van der Waals surface area contributed by atoms with E-state index >= 15 is 0 Å². The average molecular weight is 564 g/mol. The number of morpholine rings is 1. The lowest BCUT2D eigenvalue weighted by molar-refractivity contribution is 0.0389. The molecule has 3 rings (SSSR count). The predicted molar refractivity (Wildman–Crippen MR) is 136 cm³/mol. The number of aliphatic imine (C=N–C) groups is 1. The summed E-state index contributed by atoms with van der Waals surface area (Å²) in [4.78, 5) is 7.11. The van der Waals surface area contributed by atoms with Gasteiger partial charge in [0.15, 0.2) is 17.5 Å². The summed E-state index contributed by atoms with van der Waals surface area (Å²) in [5.74, 6) is 2.30. The highest BCUT2D eigenvalue weighted by Gasteiger charge is 2.12. The molecule has 0 spiro atoms. The lowest BCUT2D eigenvalue weighted by Crippen LogP contribution is -2.42. The molecular formula is C22H37IN4O5. The average Bonchev–Trinajstić information content (AvgIpc) is 3.04. The summed E-state index contributed by atoms with van der Waals surface area (Å²) in [6.07, 6.45) is 1.74. The van der Waals surface area contributed by atoms with Gasteiger partial charge in [-0.05, 0) is 18.6 Å². The Hall–Kier alpha value is -1.34. The number of ether oxygens (including phenoxy) is 5. The third kappa shape index (κ3) is 10.1. The molecule has 1 aromatic rings. The third-order valence-corrected chi connectivity index (χ3v) is 4.98. The smallest absolute Gasteiger partial charge is 0.195 e. The number of benzene rings is 1. The van der Waals surface area contributed by atoms with Gasteiger partial charge < -0.3 is 34.3 Å². The van der Waals surface area contributed by atoms with Crippen LogP contribution >= 0.6 is 24.0 Å². The minimum absolute atomic E-state index is 0. The van der Waals surface area contributed by atoms with Gasteiger partial charge in [0.25, 0.3) is 0 Å². The zero-order valence-electron chi connectivity index (χ0n) is 19.0. The predicted octanol–water partition coefficient (Wildman–Crippen LogP) is 2.21. The van der Waals surface area contributed by atoms with Gasteiger partial charge in [-0.2, -0.15) is 0 Å². The molecule has 0 unspecified atom stereocenters. The highest BCUT2D eigenvalue weighted by atomic mass is 127. The van der Waals surface area contributed by atoms with Crippen LogP contribution in [0.4, 0.5) is 5.69 Å². The number of hydrogen-bond acceptors (Lipinski definition) is 7. The fourth-order valence-corrected chi connectivity index (χ4v) is 3.28. The van der Waals surface area contributed by atoms with E-state index in [2.05, 4.69) is 15.5 Å². The summed E-state index contributed by atoms with van der Waals surface area (Å²) in [6.45, 7) is 9.22. The van der Waals surface area contributed by atoms with Crippen molar-refractivity contribution in [2.75, 3.05) is 91.4 Å². The molecule has 0 aromatic heterocycles. The molecule has 2 aliphatic rings. The van der Waals surface area contributed by atoms with Gasteiger partial charge in [0.1, 0.15) is 0 Å². The van der Waals surface area contributed by atoms with Crippen molar-refractivity contribution in [3.63, 3.8) is 0 Å². The minimum Gasteiger partial charge on any atom is -0.490 e. The first-order valence-electron chi connectivity index (χ1n) is 11.2. The number of hydrogen-bond donors (Lipinski definition) is 2. The van der Waals surface area contributed by atoms with E-state index in [4.69, 9.17) is 28.7 Å². The Bertz CT molecular complexity index is 674. The molecule has 1 fully saturated rings. The van der Waals surface area contributed by atoms with Crippen LogP contribution in [0.2, 0.25) is 0 Å². The van der Waals surface area contributed by atoms with Crippen molar-refractivity contribution in [2.24, 2.45) is 4.99 Å². The van der Waals surface area contributed by atoms with Crippen LogP contribution in [-0.4, -0.2) is 96.9 Å². The molecule has 0 aliphatic carbocycles. The van der Waals surface area contributed by atoms with Gasteiger partial charge in [-0.15, -0.1) is 24.0 Å². The molecule has 2 aliphatic heterocycles. The number of methoxy groups -OCH3 is 1. The first-order chi connectivity index (χ1) is 15.3. The largest absolute Gasteiger partial charge is 0.490 e. The lowest BCUT2D eigenvalue weighted by atomic mass is 10.2. The molecule has 32 heavy (non-hydrogen) atoms. The van der Waals surface area contributed by atoms with E-state index in [1.54, 1.807) is 7.11 Å². The second kappa shape index (κ2) is 16.3. The summed E-state index contributed by atoms with van der Waals surface area (Å²) < 4.78 is 27.5. The molecule has 0 saturated carbocycles. The Morgan fingerprint density at radius 2 is 1.88 bits per heavy atom. The third-order valence-electron chi connectivity index (χ3n) is 4.98. The van der Waals surface area contributed by atoms with E-state index in [-0.39, 0.29) is 24.0 Å². The van der Waals surface area contributed by atoms with Crippen LogP contribution in [0.1, 0.15) is 12.8 Å². The maximum atomic E-state index is 5.81. The molecule has 0 bridgehead atoms. The molecule has 2 N–H and O–H groups in total. The van der Waals surface area contributed by atoms with E-state index in [9.17, 15) is 0 Å². The lowest BCUT2D eigenvalue weighted by Gasteiger charge is -2.26. The number of anilines is 1. The normalized spacial score (nSPS) is 16.7. The maximum Gasteiger partial charge on any atom is 0.195 e. The summed E-state index contributed by atoms with van der Waals surface area (Å²) in [5.41, 5.74) is 0.915. The molecule has 10 heteroatoms. The topological polar surface area (TPSA) is 85.8 Å². The zero-order valence-corrected chi connectivity index (χ0v) is 21.3. The Morgan fingerprint density at radius 3 is 2.69 bits per heavy atom. The summed E-state index contributed by atoms with van der Waals surface area (Å²) in [6, 6.07) is 5.90. The Kier molecular flexibility index (Phi) is 13.7. The van der Waals surface area contributed by atoms with E-state index in [1.165, 1.54) is 0 Å². The van der Waals surface area contributed by atoms with Crippen LogP contribution in [-0.2, 0) is 14.2 Å². The van der Waals surface area contributed by atoms with Gasteiger partial charge in [0, 0.05) is 64.6 Å². The van der Waals surface area contributed by atoms with Crippen molar-refractivity contribution in [3.05, 3.63) is 18.2 Å². The van der Waals surface area contributed by atoms with Crippen LogP contribution in [0.15, 0.2) is 23.2 Å². The quantitative estimate of drug-likeness (QED) is 0.183. The fraction of sp³-hybridized carbons (Fsp3) is 0.682. The highest BCUT2D eigenvalue weighted by Crippen LogP contribution is 2.32. The molecule has 182 valence electrons. The number of guanidine groups is 1. The van der Waals surface area contributed by atoms with Crippen molar-refractivity contribution in [2.45, 2.75) is 12.8 Å². The minimum atomic E-state index is 0. The number of nitrogens with one attached hydrogen (secondary N) is 2. The number of halogens is 1. The number of nitrogens with zero attached hydrogens (tertiary/aromatic N) is 2. The van der Waals surface area contributed by atoms with Gasteiger partial charge in [-0.3, -0.25) is 9.89 Å². The molecule has 0 amide bonds. The maximum absolute atomic E-state index is 5.81. The second-order valence-electron chi connectivity index (χ2n) is 7.41. The molecule has 1 aromatic carbocycles. The van der Waals surface area contributed by atoms with E-state index in [0.29, 0.717) is 39.6 Å². The fourth-order valence-electron chi connectivity index (χ4n) is 3.28. The van der Waals surface area contributed by atoms with E-state index < -0.39 is 0 Å². The SMILES string of the molecule is COCCOCCCN=C(NCCN1CCOCC1)Nc1ccc2c(c1)OCCCO2.I. The van der Waals surface area contributed by atoms with Gasteiger partial charge in [0.2, 0.25) is 0 Å². The standard InChI is InChI=1S/C22H36N4O5.HI/c1-27-16-17-28-11-2-6-23-22(24-7-8-26-9-14-29-15-10-26)25-19-4-5-20-21(18-19)31-13-3-12-30-20;/h4-5,18H,2-3,6-17H2,1H3,(H2,23,24,25);1H. The van der Waals surface area contributed by atoms with Gasteiger partial charge in [0.05, 0.1) is 39.6 Å². The summed E-state index contributed by atoms with van der Waals surface area (Å²) >= 11 is 0. The van der Waals surface area contributed by atoms with Gasteiger partial charge >= 0.3 is 0 Å². The first kappa shape index (κ1) is 26.9. The van der Waals surface area contributed by atoms with Crippen molar-refractivity contribution in [1.82, 2.24) is 10.2 Å². The number of fused-ring (bicyclic) bond motifs is 1. The van der Waals surface area contributed by atoms with E-state index in [0.717, 1.165) is 75.4 Å². The Labute approximate surface area is 208 Å². The van der Waals surface area contributed by atoms with Crippen LogP contribution in [0.25, 0.3) is 0 Å². The molecule has 2 heterocycles. The first-order valence-corrected chi connectivity index (χ1v) is 11.2. The molecular weight excluding hydrogens is 527 g/mol. The van der Waals surface area contributed by atoms with Crippen molar-refractivity contribution < 1.29 is 23.7 Å². The second-order valence-corrected chi connectivity index (χ2v) is 7.41. The molecule has 0 atom stereocenters. The van der Waals surface area contributed by atoms with Crippen molar-refractivity contribution in [1.29, 1.82) is 0 Å². The highest BCUT2D eigenvalue weighted by molar-refractivity contribution is 14.0. The van der Waals surface area contributed by atoms with Gasteiger partial charge in [-0.1, -0.05) is 0 Å².